The molecule has 0 radical (unpaired) electrons. The first-order valence-electron chi connectivity index (χ1n) is 8.70. The minimum absolute atomic E-state index is 0.0120. The van der Waals surface area contributed by atoms with E-state index in [4.69, 9.17) is 4.74 Å². The second-order valence-corrected chi connectivity index (χ2v) is 6.31. The predicted molar refractivity (Wildman–Crippen MR) is 92.6 cm³/mol. The lowest BCUT2D eigenvalue weighted by Gasteiger charge is -2.23. The summed E-state index contributed by atoms with van der Waals surface area (Å²) in [7, 11) is 0. The van der Waals surface area contributed by atoms with E-state index in [0.717, 1.165) is 18.4 Å². The van der Waals surface area contributed by atoms with Gasteiger partial charge in [0.1, 0.15) is 0 Å². The Morgan fingerprint density at radius 2 is 2.07 bits per heavy atom. The van der Waals surface area contributed by atoms with Crippen LogP contribution in [0.1, 0.15) is 31.2 Å². The average molecular weight is 393 g/mol. The molecule has 1 aliphatic rings. The van der Waals surface area contributed by atoms with Crippen molar-refractivity contribution in [3.05, 3.63) is 35.7 Å². The van der Waals surface area contributed by atoms with Gasteiger partial charge in [0.05, 0.1) is 6.10 Å². The van der Waals surface area contributed by atoms with Crippen LogP contribution in [0, 0.1) is 11.8 Å². The van der Waals surface area contributed by atoms with Crippen LogP contribution >= 0.6 is 0 Å². The molecule has 3 rings (SSSR count). The number of hydrogen-bond donors (Lipinski definition) is 0. The maximum Gasteiger partial charge on any atom is 0.471 e. The maximum absolute atomic E-state index is 12.6. The lowest BCUT2D eigenvalue weighted by Crippen LogP contribution is -2.36. The third-order valence-electron chi connectivity index (χ3n) is 4.22. The molecule has 0 spiro atoms. The molecule has 6 nitrogen and oxygen atoms in total. The van der Waals surface area contributed by atoms with Gasteiger partial charge < -0.3 is 14.2 Å². The summed E-state index contributed by atoms with van der Waals surface area (Å²) in [6, 6.07) is 6.57. The quantitative estimate of drug-likeness (QED) is 0.730. The van der Waals surface area contributed by atoms with Crippen LogP contribution in [0.4, 0.5) is 13.2 Å². The van der Waals surface area contributed by atoms with E-state index < -0.39 is 12.1 Å². The third kappa shape index (κ3) is 4.89. The lowest BCUT2D eigenvalue weighted by atomic mass is 10.1. The van der Waals surface area contributed by atoms with Crippen LogP contribution in [0.2, 0.25) is 0 Å². The molecule has 1 aromatic carbocycles. The Balaban J connectivity index is 1.72. The highest BCUT2D eigenvalue weighted by atomic mass is 19.4. The van der Waals surface area contributed by atoms with Crippen molar-refractivity contribution >= 4 is 5.91 Å². The first-order chi connectivity index (χ1) is 13.4. The van der Waals surface area contributed by atoms with Crippen LogP contribution in [-0.4, -0.2) is 40.2 Å². The number of aromatic nitrogens is 2. The van der Waals surface area contributed by atoms with Gasteiger partial charge >= 0.3 is 12.1 Å². The van der Waals surface area contributed by atoms with E-state index in [1.165, 1.54) is 0 Å². The van der Waals surface area contributed by atoms with Crippen molar-refractivity contribution in [1.82, 2.24) is 15.0 Å². The van der Waals surface area contributed by atoms with Gasteiger partial charge in [0.15, 0.2) is 0 Å². The van der Waals surface area contributed by atoms with Gasteiger partial charge in [-0.2, -0.15) is 18.2 Å². The summed E-state index contributed by atoms with van der Waals surface area (Å²) in [4.78, 5) is 17.2. The van der Waals surface area contributed by atoms with Crippen LogP contribution in [0.15, 0.2) is 28.8 Å². The summed E-state index contributed by atoms with van der Waals surface area (Å²) in [5.74, 6) is 3.30. The Bertz CT molecular complexity index is 876. The fourth-order valence-electron chi connectivity index (χ4n) is 2.87. The largest absolute Gasteiger partial charge is 0.471 e. The Morgan fingerprint density at radius 3 is 2.64 bits per heavy atom. The Hall–Kier alpha value is -2.86. The number of hydrogen-bond acceptors (Lipinski definition) is 5. The highest BCUT2D eigenvalue weighted by molar-refractivity contribution is 5.93. The van der Waals surface area contributed by atoms with Gasteiger partial charge in [-0.25, -0.2) is 0 Å². The summed E-state index contributed by atoms with van der Waals surface area (Å²) < 4.78 is 47.6. The molecule has 1 amide bonds. The highest BCUT2D eigenvalue weighted by Gasteiger charge is 2.38. The number of benzene rings is 1. The molecule has 0 saturated carbocycles. The standard InChI is InChI=1S/C19H18F3N3O3/c1-2-4-16(26)25(12-15-5-3-10-27-15)11-13-6-8-14(9-7-13)17-23-18(28-24-17)19(20,21)22/h6-9,15H,3,5,10-12H2,1H3. The smallest absolute Gasteiger partial charge is 0.376 e. The van der Waals surface area contributed by atoms with Crippen LogP contribution in [0.25, 0.3) is 11.4 Å². The van der Waals surface area contributed by atoms with E-state index in [1.807, 2.05) is 0 Å². The molecule has 28 heavy (non-hydrogen) atoms. The van der Waals surface area contributed by atoms with E-state index in [2.05, 4.69) is 26.5 Å². The molecule has 2 aromatic rings. The first kappa shape index (κ1) is 19.9. The van der Waals surface area contributed by atoms with E-state index in [0.29, 0.717) is 25.3 Å². The zero-order valence-electron chi connectivity index (χ0n) is 15.1. The second-order valence-electron chi connectivity index (χ2n) is 6.31. The normalized spacial score (nSPS) is 16.5. The number of alkyl halides is 3. The molecule has 2 heterocycles. The van der Waals surface area contributed by atoms with Crippen LogP contribution in [0.3, 0.4) is 0 Å². The van der Waals surface area contributed by atoms with Crippen LogP contribution in [-0.2, 0) is 22.3 Å². The van der Waals surface area contributed by atoms with Gasteiger partial charge in [-0.15, -0.1) is 0 Å². The summed E-state index contributed by atoms with van der Waals surface area (Å²) in [5.41, 5.74) is 1.18. The molecule has 1 atom stereocenters. The van der Waals surface area contributed by atoms with Crippen molar-refractivity contribution in [2.45, 2.75) is 38.6 Å². The molecule has 1 fully saturated rings. The van der Waals surface area contributed by atoms with Gasteiger partial charge in [-0.1, -0.05) is 35.3 Å². The number of rotatable bonds is 5. The SMILES string of the molecule is CC#CC(=O)N(Cc1ccc(-c2noc(C(F)(F)F)n2)cc1)CC1CCCO1. The summed E-state index contributed by atoms with van der Waals surface area (Å²) >= 11 is 0. The fourth-order valence-corrected chi connectivity index (χ4v) is 2.87. The van der Waals surface area contributed by atoms with Crippen molar-refractivity contribution in [1.29, 1.82) is 0 Å². The van der Waals surface area contributed by atoms with E-state index >= 15 is 0 Å². The zero-order valence-corrected chi connectivity index (χ0v) is 15.1. The van der Waals surface area contributed by atoms with Crippen LogP contribution < -0.4 is 0 Å². The predicted octanol–water partition coefficient (Wildman–Crippen LogP) is 3.29. The molecular weight excluding hydrogens is 375 g/mol. The summed E-state index contributed by atoms with van der Waals surface area (Å²) in [6.07, 6.45) is -2.84. The number of halogens is 3. The molecule has 9 heteroatoms. The molecular formula is C19H18F3N3O3. The van der Waals surface area contributed by atoms with Gasteiger partial charge in [-0.3, -0.25) is 4.79 Å². The number of carbonyl (C=O) groups excluding carboxylic acids is 1. The molecule has 0 bridgehead atoms. The van der Waals surface area contributed by atoms with Crippen molar-refractivity contribution in [2.24, 2.45) is 0 Å². The van der Waals surface area contributed by atoms with E-state index in [1.54, 1.807) is 36.1 Å². The van der Waals surface area contributed by atoms with Crippen molar-refractivity contribution in [3.63, 3.8) is 0 Å². The highest BCUT2D eigenvalue weighted by Crippen LogP contribution is 2.29. The number of amides is 1. The van der Waals surface area contributed by atoms with Gasteiger partial charge in [-0.05, 0) is 31.2 Å². The molecule has 0 aliphatic carbocycles. The Morgan fingerprint density at radius 1 is 1.32 bits per heavy atom. The maximum atomic E-state index is 12.6. The molecule has 1 saturated heterocycles. The summed E-state index contributed by atoms with van der Waals surface area (Å²) in [5, 5.41) is 3.36. The number of nitrogens with zero attached hydrogens (tertiary/aromatic N) is 3. The molecule has 1 unspecified atom stereocenters. The number of ether oxygens (including phenoxy) is 1. The van der Waals surface area contributed by atoms with Crippen molar-refractivity contribution < 1.29 is 27.2 Å². The Kier molecular flexibility index (Phi) is 5.99. The minimum Gasteiger partial charge on any atom is -0.376 e. The fraction of sp³-hybridized carbons (Fsp3) is 0.421. The molecule has 1 aliphatic heterocycles. The third-order valence-corrected chi connectivity index (χ3v) is 4.22. The topological polar surface area (TPSA) is 68.5 Å². The van der Waals surface area contributed by atoms with Gasteiger partial charge in [0.2, 0.25) is 5.82 Å². The minimum atomic E-state index is -4.69. The second kappa shape index (κ2) is 8.44. The lowest BCUT2D eigenvalue weighted by molar-refractivity contribution is -0.159. The van der Waals surface area contributed by atoms with Gasteiger partial charge in [0, 0.05) is 25.3 Å². The first-order valence-corrected chi connectivity index (χ1v) is 8.70. The van der Waals surface area contributed by atoms with E-state index in [9.17, 15) is 18.0 Å². The zero-order chi connectivity index (χ0) is 20.1. The van der Waals surface area contributed by atoms with Crippen molar-refractivity contribution in [3.8, 4) is 23.2 Å². The molecule has 148 valence electrons. The summed E-state index contributed by atoms with van der Waals surface area (Å²) in [6.45, 7) is 3.03. The number of carbonyl (C=O) groups is 1. The van der Waals surface area contributed by atoms with Crippen LogP contribution in [0.5, 0.6) is 0 Å². The average Bonchev–Trinajstić information content (AvgIpc) is 3.33. The van der Waals surface area contributed by atoms with E-state index in [-0.39, 0.29) is 17.8 Å². The molecule has 0 N–H and O–H groups in total. The Labute approximate surface area is 159 Å². The molecule has 1 aromatic heterocycles. The monoisotopic (exact) mass is 393 g/mol. The van der Waals surface area contributed by atoms with Crippen molar-refractivity contribution in [2.75, 3.05) is 13.2 Å². The van der Waals surface area contributed by atoms with Gasteiger partial charge in [0.25, 0.3) is 5.91 Å².